The first-order valence-electron chi connectivity index (χ1n) is 6.59. The predicted octanol–water partition coefficient (Wildman–Crippen LogP) is 4.24. The van der Waals surface area contributed by atoms with Gasteiger partial charge in [0.25, 0.3) is 0 Å². The molecule has 0 atom stereocenters. The van der Waals surface area contributed by atoms with Crippen LogP contribution < -0.4 is 5.32 Å². The Bertz CT molecular complexity index is 567. The van der Waals surface area contributed by atoms with Crippen molar-refractivity contribution in [1.82, 2.24) is 9.97 Å². The molecule has 3 nitrogen and oxygen atoms in total. The lowest BCUT2D eigenvalue weighted by Gasteiger charge is -2.18. The number of hydrogen-bond donors (Lipinski definition) is 1. The molecule has 2 aromatic rings. The summed E-state index contributed by atoms with van der Waals surface area (Å²) in [5, 5.41) is 5.40. The normalized spacial score (nSPS) is 11.6. The lowest BCUT2D eigenvalue weighted by Crippen LogP contribution is -2.17. The van der Waals surface area contributed by atoms with E-state index in [4.69, 9.17) is 4.98 Å². The van der Waals surface area contributed by atoms with Crippen LogP contribution in [0.3, 0.4) is 0 Å². The molecule has 2 rings (SSSR count). The second-order valence-electron chi connectivity index (χ2n) is 5.68. The average molecular weight is 275 g/mol. The summed E-state index contributed by atoms with van der Waals surface area (Å²) in [6.45, 7) is 11.5. The lowest BCUT2D eigenvalue weighted by molar-refractivity contribution is 0.547. The minimum Gasteiger partial charge on any atom is -0.370 e. The van der Waals surface area contributed by atoms with E-state index in [9.17, 15) is 0 Å². The molecule has 0 saturated heterocycles. The Morgan fingerprint density at radius 2 is 2.00 bits per heavy atom. The van der Waals surface area contributed by atoms with Crippen LogP contribution in [0.15, 0.2) is 17.5 Å². The van der Waals surface area contributed by atoms with E-state index in [1.54, 1.807) is 11.3 Å². The molecule has 0 aromatic carbocycles. The zero-order valence-electron chi connectivity index (χ0n) is 12.2. The minimum atomic E-state index is -0.0503. The summed E-state index contributed by atoms with van der Waals surface area (Å²) in [4.78, 5) is 10.6. The molecular formula is C15H21N3S. The average Bonchev–Trinajstić information content (AvgIpc) is 2.74. The van der Waals surface area contributed by atoms with E-state index >= 15 is 0 Å². The first-order valence-corrected chi connectivity index (χ1v) is 7.47. The smallest absolute Gasteiger partial charge is 0.136 e. The molecular weight excluding hydrogens is 254 g/mol. The molecule has 0 saturated carbocycles. The maximum absolute atomic E-state index is 4.75. The van der Waals surface area contributed by atoms with Gasteiger partial charge in [0.15, 0.2) is 0 Å². The van der Waals surface area contributed by atoms with Gasteiger partial charge in [-0.1, -0.05) is 20.8 Å². The number of aryl methyl sites for hydroxylation is 1. The Hall–Kier alpha value is -1.42. The summed E-state index contributed by atoms with van der Waals surface area (Å²) in [7, 11) is 0. The Labute approximate surface area is 119 Å². The van der Waals surface area contributed by atoms with Crippen LogP contribution in [0.25, 0.3) is 10.6 Å². The van der Waals surface area contributed by atoms with E-state index in [0.717, 1.165) is 23.9 Å². The topological polar surface area (TPSA) is 37.8 Å². The van der Waals surface area contributed by atoms with Crippen LogP contribution in [0.1, 0.15) is 39.1 Å². The van der Waals surface area contributed by atoms with Gasteiger partial charge in [0, 0.05) is 18.0 Å². The molecule has 2 aromatic heterocycles. The molecule has 4 heteroatoms. The predicted molar refractivity (Wildman–Crippen MR) is 82.9 cm³/mol. The van der Waals surface area contributed by atoms with Crippen molar-refractivity contribution in [3.05, 3.63) is 28.9 Å². The van der Waals surface area contributed by atoms with Crippen molar-refractivity contribution >= 4 is 17.2 Å². The fourth-order valence-corrected chi connectivity index (χ4v) is 2.69. The van der Waals surface area contributed by atoms with Gasteiger partial charge in [-0.05, 0) is 30.9 Å². The highest BCUT2D eigenvalue weighted by Gasteiger charge is 2.20. The third-order valence-corrected chi connectivity index (χ3v) is 3.89. The highest BCUT2D eigenvalue weighted by molar-refractivity contribution is 7.13. The quantitative estimate of drug-likeness (QED) is 0.910. The van der Waals surface area contributed by atoms with E-state index in [2.05, 4.69) is 56.4 Å². The second-order valence-corrected chi connectivity index (χ2v) is 6.59. The van der Waals surface area contributed by atoms with E-state index in [1.807, 2.05) is 6.07 Å². The van der Waals surface area contributed by atoms with Crippen molar-refractivity contribution in [2.75, 3.05) is 11.9 Å². The number of aromatic nitrogens is 2. The first-order chi connectivity index (χ1) is 8.91. The molecule has 0 aliphatic heterocycles. The third kappa shape index (κ3) is 3.13. The minimum absolute atomic E-state index is 0.0503. The summed E-state index contributed by atoms with van der Waals surface area (Å²) in [5.74, 6) is 1.79. The van der Waals surface area contributed by atoms with Crippen LogP contribution in [0.4, 0.5) is 5.82 Å². The standard InChI is InChI=1S/C15H21N3S/c1-6-16-12-9-11(13-10(2)7-8-19-13)17-14(18-12)15(3,4)5/h7-9H,6H2,1-5H3,(H,16,17,18). The van der Waals surface area contributed by atoms with Crippen molar-refractivity contribution in [1.29, 1.82) is 0 Å². The molecule has 0 aliphatic rings. The van der Waals surface area contributed by atoms with Gasteiger partial charge in [0.05, 0.1) is 10.6 Å². The number of nitrogens with one attached hydrogen (secondary N) is 1. The van der Waals surface area contributed by atoms with Crippen LogP contribution in [0, 0.1) is 6.92 Å². The zero-order chi connectivity index (χ0) is 14.0. The van der Waals surface area contributed by atoms with E-state index in [1.165, 1.54) is 10.4 Å². The number of thiophene rings is 1. The summed E-state index contributed by atoms with van der Waals surface area (Å²) in [6, 6.07) is 4.17. The van der Waals surface area contributed by atoms with Gasteiger partial charge in [-0.15, -0.1) is 11.3 Å². The van der Waals surface area contributed by atoms with Gasteiger partial charge in [-0.2, -0.15) is 0 Å². The third-order valence-electron chi connectivity index (χ3n) is 2.85. The van der Waals surface area contributed by atoms with Gasteiger partial charge in [0.2, 0.25) is 0 Å². The van der Waals surface area contributed by atoms with Crippen molar-refractivity contribution in [3.63, 3.8) is 0 Å². The summed E-state index contributed by atoms with van der Waals surface area (Å²) in [6.07, 6.45) is 0. The zero-order valence-corrected chi connectivity index (χ0v) is 13.1. The molecule has 1 N–H and O–H groups in total. The summed E-state index contributed by atoms with van der Waals surface area (Å²) >= 11 is 1.73. The maximum Gasteiger partial charge on any atom is 0.136 e. The SMILES string of the molecule is CCNc1cc(-c2sccc2C)nc(C(C)(C)C)n1. The lowest BCUT2D eigenvalue weighted by atomic mass is 9.95. The molecule has 0 unspecified atom stereocenters. The summed E-state index contributed by atoms with van der Waals surface area (Å²) < 4.78 is 0. The molecule has 2 heterocycles. The van der Waals surface area contributed by atoms with Crippen LogP contribution in [-0.2, 0) is 5.41 Å². The Balaban J connectivity index is 2.55. The molecule has 0 radical (unpaired) electrons. The number of hydrogen-bond acceptors (Lipinski definition) is 4. The number of nitrogens with zero attached hydrogens (tertiary/aromatic N) is 2. The van der Waals surface area contributed by atoms with Crippen molar-refractivity contribution in [2.45, 2.75) is 40.0 Å². The molecule has 0 fully saturated rings. The van der Waals surface area contributed by atoms with Crippen LogP contribution in [0.2, 0.25) is 0 Å². The monoisotopic (exact) mass is 275 g/mol. The van der Waals surface area contributed by atoms with Crippen LogP contribution in [-0.4, -0.2) is 16.5 Å². The van der Waals surface area contributed by atoms with E-state index < -0.39 is 0 Å². The molecule has 102 valence electrons. The summed E-state index contributed by atoms with van der Waals surface area (Å²) in [5.41, 5.74) is 2.24. The van der Waals surface area contributed by atoms with Gasteiger partial charge in [0.1, 0.15) is 11.6 Å². The van der Waals surface area contributed by atoms with Gasteiger partial charge in [-0.25, -0.2) is 9.97 Å². The molecule has 0 spiro atoms. The van der Waals surface area contributed by atoms with E-state index in [-0.39, 0.29) is 5.41 Å². The fraction of sp³-hybridized carbons (Fsp3) is 0.467. The Morgan fingerprint density at radius 3 is 2.53 bits per heavy atom. The van der Waals surface area contributed by atoms with E-state index in [0.29, 0.717) is 0 Å². The van der Waals surface area contributed by atoms with Crippen molar-refractivity contribution in [2.24, 2.45) is 0 Å². The first kappa shape index (κ1) is 14.0. The van der Waals surface area contributed by atoms with Crippen LogP contribution >= 0.6 is 11.3 Å². The van der Waals surface area contributed by atoms with Gasteiger partial charge in [-0.3, -0.25) is 0 Å². The fourth-order valence-electron chi connectivity index (χ4n) is 1.81. The van der Waals surface area contributed by atoms with Crippen molar-refractivity contribution in [3.8, 4) is 10.6 Å². The van der Waals surface area contributed by atoms with Gasteiger partial charge < -0.3 is 5.32 Å². The highest BCUT2D eigenvalue weighted by Crippen LogP contribution is 2.30. The second kappa shape index (κ2) is 5.29. The van der Waals surface area contributed by atoms with Crippen molar-refractivity contribution < 1.29 is 0 Å². The van der Waals surface area contributed by atoms with Gasteiger partial charge >= 0.3 is 0 Å². The number of anilines is 1. The van der Waals surface area contributed by atoms with Crippen LogP contribution in [0.5, 0.6) is 0 Å². The molecule has 0 aliphatic carbocycles. The highest BCUT2D eigenvalue weighted by atomic mass is 32.1. The largest absolute Gasteiger partial charge is 0.370 e. The maximum atomic E-state index is 4.75. The number of rotatable bonds is 3. The molecule has 19 heavy (non-hydrogen) atoms. The Kier molecular flexibility index (Phi) is 3.90. The molecule has 0 bridgehead atoms. The Morgan fingerprint density at radius 1 is 1.26 bits per heavy atom. The molecule has 0 amide bonds.